The number of halogens is 3. The molecule has 0 saturated carbocycles. The van der Waals surface area contributed by atoms with Crippen molar-refractivity contribution in [1.82, 2.24) is 19.9 Å². The standard InChI is InChI=1S/C16H18F3N5O/c1-3-25-14-13(6-10-9-24(2)5-4-12(10)22-14)23-15-20-7-11(8-21-15)16(17,18)19/h6-8H,3-5,9H2,1-2H3,(H,20,21,23). The molecule has 0 fully saturated rings. The first-order chi connectivity index (χ1) is 11.9. The monoisotopic (exact) mass is 353 g/mol. The topological polar surface area (TPSA) is 63.2 Å². The van der Waals surface area contributed by atoms with Crippen molar-refractivity contribution < 1.29 is 17.9 Å². The summed E-state index contributed by atoms with van der Waals surface area (Å²) in [6.45, 7) is 3.93. The normalized spacial score (nSPS) is 14.9. The van der Waals surface area contributed by atoms with E-state index < -0.39 is 11.7 Å². The zero-order chi connectivity index (χ0) is 18.0. The molecule has 0 saturated heterocycles. The lowest BCUT2D eigenvalue weighted by Crippen LogP contribution is -2.27. The molecule has 9 heteroatoms. The van der Waals surface area contributed by atoms with E-state index in [4.69, 9.17) is 4.74 Å². The van der Waals surface area contributed by atoms with Crippen LogP contribution < -0.4 is 10.1 Å². The molecule has 0 atom stereocenters. The van der Waals surface area contributed by atoms with Gasteiger partial charge in [0.15, 0.2) is 0 Å². The van der Waals surface area contributed by atoms with Crippen LogP contribution >= 0.6 is 0 Å². The highest BCUT2D eigenvalue weighted by Gasteiger charge is 2.31. The number of fused-ring (bicyclic) bond motifs is 1. The molecule has 2 aromatic heterocycles. The number of pyridine rings is 1. The molecule has 0 radical (unpaired) electrons. The van der Waals surface area contributed by atoms with Crippen LogP contribution in [0.2, 0.25) is 0 Å². The lowest BCUT2D eigenvalue weighted by molar-refractivity contribution is -0.138. The van der Waals surface area contributed by atoms with Crippen LogP contribution in [-0.2, 0) is 19.1 Å². The maximum absolute atomic E-state index is 12.6. The summed E-state index contributed by atoms with van der Waals surface area (Å²) in [6.07, 6.45) is -2.15. The molecule has 1 N–H and O–H groups in total. The van der Waals surface area contributed by atoms with Crippen LogP contribution in [0.5, 0.6) is 5.88 Å². The van der Waals surface area contributed by atoms with E-state index in [9.17, 15) is 13.2 Å². The molecule has 25 heavy (non-hydrogen) atoms. The summed E-state index contributed by atoms with van der Waals surface area (Å²) in [6, 6.07) is 1.89. The number of ether oxygens (including phenoxy) is 1. The van der Waals surface area contributed by atoms with Crippen molar-refractivity contribution in [3.8, 4) is 5.88 Å². The van der Waals surface area contributed by atoms with E-state index in [0.29, 0.717) is 18.2 Å². The van der Waals surface area contributed by atoms with Crippen molar-refractivity contribution in [1.29, 1.82) is 0 Å². The molecule has 0 aliphatic carbocycles. The molecule has 0 amide bonds. The number of nitrogens with one attached hydrogen (secondary N) is 1. The van der Waals surface area contributed by atoms with Gasteiger partial charge in [0.1, 0.15) is 5.69 Å². The highest BCUT2D eigenvalue weighted by Crippen LogP contribution is 2.31. The highest BCUT2D eigenvalue weighted by atomic mass is 19.4. The van der Waals surface area contributed by atoms with Crippen LogP contribution in [0.4, 0.5) is 24.8 Å². The van der Waals surface area contributed by atoms with E-state index in [1.54, 1.807) is 0 Å². The number of nitrogens with zero attached hydrogens (tertiary/aromatic N) is 4. The van der Waals surface area contributed by atoms with Gasteiger partial charge in [-0.25, -0.2) is 15.0 Å². The lowest BCUT2D eigenvalue weighted by Gasteiger charge is -2.25. The fourth-order valence-corrected chi connectivity index (χ4v) is 2.59. The minimum atomic E-state index is -4.47. The molecule has 3 heterocycles. The fraction of sp³-hybridized carbons (Fsp3) is 0.438. The van der Waals surface area contributed by atoms with Gasteiger partial charge >= 0.3 is 6.18 Å². The van der Waals surface area contributed by atoms with Crippen LogP contribution in [-0.4, -0.2) is 40.1 Å². The number of rotatable bonds is 4. The molecule has 134 valence electrons. The number of alkyl halides is 3. The number of aromatic nitrogens is 3. The Labute approximate surface area is 143 Å². The van der Waals surface area contributed by atoms with Gasteiger partial charge in [0.25, 0.3) is 0 Å². The van der Waals surface area contributed by atoms with Crippen molar-refractivity contribution in [3.63, 3.8) is 0 Å². The number of hydrogen-bond donors (Lipinski definition) is 1. The third kappa shape index (κ3) is 3.98. The van der Waals surface area contributed by atoms with E-state index >= 15 is 0 Å². The Morgan fingerprint density at radius 1 is 1.28 bits per heavy atom. The summed E-state index contributed by atoms with van der Waals surface area (Å²) >= 11 is 0. The van der Waals surface area contributed by atoms with E-state index in [0.717, 1.165) is 43.2 Å². The molecular weight excluding hydrogens is 335 g/mol. The van der Waals surface area contributed by atoms with Crippen LogP contribution in [0.25, 0.3) is 0 Å². The molecule has 1 aliphatic heterocycles. The van der Waals surface area contributed by atoms with Gasteiger partial charge in [-0.3, -0.25) is 0 Å². The van der Waals surface area contributed by atoms with Gasteiger partial charge in [-0.05, 0) is 25.6 Å². The lowest BCUT2D eigenvalue weighted by atomic mass is 10.1. The Morgan fingerprint density at radius 2 is 2.00 bits per heavy atom. The smallest absolute Gasteiger partial charge is 0.419 e. The summed E-state index contributed by atoms with van der Waals surface area (Å²) in [5.41, 5.74) is 1.66. The van der Waals surface area contributed by atoms with Crippen molar-refractivity contribution in [2.75, 3.05) is 25.5 Å². The Morgan fingerprint density at radius 3 is 2.64 bits per heavy atom. The quantitative estimate of drug-likeness (QED) is 0.912. The third-order valence-corrected chi connectivity index (χ3v) is 3.83. The van der Waals surface area contributed by atoms with E-state index in [1.807, 2.05) is 20.0 Å². The fourth-order valence-electron chi connectivity index (χ4n) is 2.59. The first-order valence-electron chi connectivity index (χ1n) is 7.87. The van der Waals surface area contributed by atoms with Crippen LogP contribution in [0.3, 0.4) is 0 Å². The van der Waals surface area contributed by atoms with Gasteiger partial charge in [-0.1, -0.05) is 0 Å². The molecule has 1 aliphatic rings. The maximum atomic E-state index is 12.6. The molecule has 3 rings (SSSR count). The molecule has 2 aromatic rings. The average molecular weight is 353 g/mol. The number of likely N-dealkylation sites (N-methyl/N-ethyl adjacent to an activating group) is 1. The molecule has 0 unspecified atom stereocenters. The van der Waals surface area contributed by atoms with E-state index in [1.165, 1.54) is 0 Å². The predicted octanol–water partition coefficient (Wildman–Crippen LogP) is 3.02. The van der Waals surface area contributed by atoms with Crippen LogP contribution in [0.1, 0.15) is 23.7 Å². The Hall–Kier alpha value is -2.42. The molecule has 6 nitrogen and oxygen atoms in total. The summed E-state index contributed by atoms with van der Waals surface area (Å²) < 4.78 is 43.4. The zero-order valence-electron chi connectivity index (χ0n) is 13.9. The van der Waals surface area contributed by atoms with Crippen LogP contribution in [0, 0.1) is 0 Å². The zero-order valence-corrected chi connectivity index (χ0v) is 13.9. The van der Waals surface area contributed by atoms with Crippen molar-refractivity contribution >= 4 is 11.6 Å². The average Bonchev–Trinajstić information content (AvgIpc) is 2.55. The second-order valence-electron chi connectivity index (χ2n) is 5.79. The Kier molecular flexibility index (Phi) is 4.76. The van der Waals surface area contributed by atoms with E-state index in [2.05, 4.69) is 25.2 Å². The third-order valence-electron chi connectivity index (χ3n) is 3.83. The highest BCUT2D eigenvalue weighted by molar-refractivity contribution is 5.61. The molecule has 0 bridgehead atoms. The van der Waals surface area contributed by atoms with Gasteiger partial charge in [-0.2, -0.15) is 13.2 Å². The molecule has 0 spiro atoms. The van der Waals surface area contributed by atoms with Crippen molar-refractivity contribution in [2.45, 2.75) is 26.1 Å². The van der Waals surface area contributed by atoms with E-state index in [-0.39, 0.29) is 5.95 Å². The minimum Gasteiger partial charge on any atom is -0.476 e. The van der Waals surface area contributed by atoms with Gasteiger partial charge in [0.05, 0.1) is 17.9 Å². The summed E-state index contributed by atoms with van der Waals surface area (Å²) in [7, 11) is 2.02. The van der Waals surface area contributed by atoms with Gasteiger partial charge in [0.2, 0.25) is 11.8 Å². The van der Waals surface area contributed by atoms with Gasteiger partial charge in [0, 0.05) is 31.9 Å². The number of hydrogen-bond acceptors (Lipinski definition) is 6. The van der Waals surface area contributed by atoms with Crippen molar-refractivity contribution in [3.05, 3.63) is 35.3 Å². The SMILES string of the molecule is CCOc1nc2c(cc1Nc1ncc(C(F)(F)F)cn1)CN(C)CC2. The first-order valence-corrected chi connectivity index (χ1v) is 7.87. The number of anilines is 2. The first kappa shape index (κ1) is 17.4. The second-order valence-corrected chi connectivity index (χ2v) is 5.79. The summed E-state index contributed by atoms with van der Waals surface area (Å²) in [5.74, 6) is 0.453. The largest absolute Gasteiger partial charge is 0.476 e. The van der Waals surface area contributed by atoms with Gasteiger partial charge in [-0.15, -0.1) is 0 Å². The van der Waals surface area contributed by atoms with Crippen molar-refractivity contribution in [2.24, 2.45) is 0 Å². The van der Waals surface area contributed by atoms with Crippen LogP contribution in [0.15, 0.2) is 18.5 Å². The summed E-state index contributed by atoms with van der Waals surface area (Å²) in [5, 5.41) is 2.91. The Balaban J connectivity index is 1.89. The maximum Gasteiger partial charge on any atom is 0.419 e. The Bertz CT molecular complexity index is 749. The second kappa shape index (κ2) is 6.83. The predicted molar refractivity (Wildman–Crippen MR) is 85.8 cm³/mol. The minimum absolute atomic E-state index is 0.0554. The summed E-state index contributed by atoms with van der Waals surface area (Å²) in [4.78, 5) is 14.2. The van der Waals surface area contributed by atoms with Gasteiger partial charge < -0.3 is 15.0 Å². The molecular formula is C16H18F3N5O. The molecule has 0 aromatic carbocycles.